The van der Waals surface area contributed by atoms with E-state index < -0.39 is 8.07 Å². The van der Waals surface area contributed by atoms with Crippen LogP contribution in [0.1, 0.15) is 45.4 Å². The van der Waals surface area contributed by atoms with Gasteiger partial charge in [-0.25, -0.2) is 0 Å². The van der Waals surface area contributed by atoms with Crippen LogP contribution in [0, 0.1) is 0 Å². The summed E-state index contributed by atoms with van der Waals surface area (Å²) in [5, 5.41) is 3.00. The fourth-order valence-corrected chi connectivity index (χ4v) is 6.05. The zero-order valence-electron chi connectivity index (χ0n) is 14.8. The molecule has 126 valence electrons. The molecule has 0 N–H and O–H groups in total. The van der Waals surface area contributed by atoms with E-state index in [-0.39, 0.29) is 6.10 Å². The Hall–Kier alpha value is -1.19. The second-order valence-electron chi connectivity index (χ2n) is 7.04. The Morgan fingerprint density at radius 3 is 2.65 bits per heavy atom. The molecule has 1 fully saturated rings. The summed E-state index contributed by atoms with van der Waals surface area (Å²) >= 11 is 0. The van der Waals surface area contributed by atoms with Crippen molar-refractivity contribution in [1.29, 1.82) is 0 Å². The Kier molecular flexibility index (Phi) is 6.79. The number of carbonyl (C=O) groups is 1. The van der Waals surface area contributed by atoms with Crippen LogP contribution in [0.2, 0.25) is 13.1 Å². The fraction of sp³-hybridized carbons (Fsp3) is 0.550. The van der Waals surface area contributed by atoms with Gasteiger partial charge < -0.3 is 4.74 Å². The molecular formula is C20H30O2Si. The SMILES string of the molecule is CCCCC/C(=C/C1CC(=O)CCO1)[Si](C)(C)c1ccccc1. The van der Waals surface area contributed by atoms with Gasteiger partial charge in [0.2, 0.25) is 0 Å². The van der Waals surface area contributed by atoms with Crippen LogP contribution in [-0.4, -0.2) is 26.6 Å². The highest BCUT2D eigenvalue weighted by molar-refractivity contribution is 6.95. The molecule has 1 aliphatic heterocycles. The molecule has 2 rings (SSSR count). The standard InChI is InChI=1S/C20H30O2Si/c1-4-5-7-12-20(16-18-15-17(21)13-14-22-18)23(2,3)19-10-8-6-9-11-19/h6,8-11,16,18H,4-5,7,12-15H2,1-3H3/b20-16-. The fourth-order valence-electron chi connectivity index (χ4n) is 3.25. The van der Waals surface area contributed by atoms with E-state index in [0.717, 1.165) is 6.42 Å². The molecule has 3 heteroatoms. The normalized spacial score (nSPS) is 19.9. The molecule has 1 aromatic rings. The van der Waals surface area contributed by atoms with Gasteiger partial charge in [-0.1, -0.05) is 79.7 Å². The molecule has 0 bridgehead atoms. The quantitative estimate of drug-likeness (QED) is 0.547. The highest BCUT2D eigenvalue weighted by Gasteiger charge is 2.29. The van der Waals surface area contributed by atoms with Gasteiger partial charge in [-0.15, -0.1) is 0 Å². The molecule has 0 aromatic heterocycles. The third-order valence-electron chi connectivity index (χ3n) is 4.88. The van der Waals surface area contributed by atoms with Gasteiger partial charge in [0.15, 0.2) is 0 Å². The number of Topliss-reactive ketones (excluding diaryl/α,β-unsaturated/α-hetero) is 1. The zero-order chi connectivity index (χ0) is 16.7. The van der Waals surface area contributed by atoms with Gasteiger partial charge in [0.25, 0.3) is 0 Å². The minimum atomic E-state index is -1.70. The lowest BCUT2D eigenvalue weighted by Crippen LogP contribution is -2.44. The second kappa shape index (κ2) is 8.60. The van der Waals surface area contributed by atoms with E-state index in [1.807, 2.05) is 0 Å². The largest absolute Gasteiger partial charge is 0.373 e. The first-order chi connectivity index (χ1) is 11.0. The van der Waals surface area contributed by atoms with E-state index in [0.29, 0.717) is 25.2 Å². The van der Waals surface area contributed by atoms with Crippen molar-refractivity contribution in [2.45, 2.75) is 64.6 Å². The molecule has 1 unspecified atom stereocenters. The molecule has 0 radical (unpaired) electrons. The van der Waals surface area contributed by atoms with Crippen LogP contribution in [-0.2, 0) is 9.53 Å². The van der Waals surface area contributed by atoms with Gasteiger partial charge in [0.05, 0.1) is 12.7 Å². The van der Waals surface area contributed by atoms with Crippen molar-refractivity contribution in [1.82, 2.24) is 0 Å². The Labute approximate surface area is 142 Å². The molecule has 0 aliphatic carbocycles. The van der Waals surface area contributed by atoms with Gasteiger partial charge >= 0.3 is 0 Å². The first kappa shape index (κ1) is 18.1. The average molecular weight is 331 g/mol. The van der Waals surface area contributed by atoms with Crippen molar-refractivity contribution < 1.29 is 9.53 Å². The zero-order valence-corrected chi connectivity index (χ0v) is 15.8. The number of ether oxygens (including phenoxy) is 1. The van der Waals surface area contributed by atoms with Crippen LogP contribution in [0.15, 0.2) is 41.6 Å². The summed E-state index contributed by atoms with van der Waals surface area (Å²) in [4.78, 5) is 11.7. The van der Waals surface area contributed by atoms with Crippen molar-refractivity contribution in [3.63, 3.8) is 0 Å². The summed E-state index contributed by atoms with van der Waals surface area (Å²) < 4.78 is 5.84. The summed E-state index contributed by atoms with van der Waals surface area (Å²) in [6, 6.07) is 10.9. The molecule has 1 heterocycles. The monoisotopic (exact) mass is 330 g/mol. The molecule has 0 spiro atoms. The summed E-state index contributed by atoms with van der Waals surface area (Å²) in [6.07, 6.45) is 8.28. The second-order valence-corrected chi connectivity index (χ2v) is 11.5. The third kappa shape index (κ3) is 5.15. The topological polar surface area (TPSA) is 26.3 Å². The Balaban J connectivity index is 2.23. The lowest BCUT2D eigenvalue weighted by molar-refractivity contribution is -0.126. The molecular weight excluding hydrogens is 300 g/mol. The molecule has 1 aromatic carbocycles. The maximum atomic E-state index is 11.7. The maximum absolute atomic E-state index is 11.7. The van der Waals surface area contributed by atoms with Crippen molar-refractivity contribution in [3.8, 4) is 0 Å². The van der Waals surface area contributed by atoms with E-state index in [1.165, 1.54) is 29.6 Å². The van der Waals surface area contributed by atoms with Gasteiger partial charge in [0, 0.05) is 12.8 Å². The molecule has 1 saturated heterocycles. The first-order valence-electron chi connectivity index (χ1n) is 8.94. The Morgan fingerprint density at radius 1 is 1.26 bits per heavy atom. The van der Waals surface area contributed by atoms with Crippen LogP contribution in [0.25, 0.3) is 0 Å². The van der Waals surface area contributed by atoms with Crippen molar-refractivity contribution in [2.24, 2.45) is 0 Å². The van der Waals surface area contributed by atoms with Gasteiger partial charge in [-0.2, -0.15) is 0 Å². The summed E-state index contributed by atoms with van der Waals surface area (Å²) in [5.74, 6) is 0.338. The number of ketones is 1. The number of benzene rings is 1. The van der Waals surface area contributed by atoms with E-state index in [1.54, 1.807) is 0 Å². The minimum absolute atomic E-state index is 0.0108. The number of unbranched alkanes of at least 4 members (excludes halogenated alkanes) is 2. The predicted octanol–water partition coefficient (Wildman–Crippen LogP) is 4.40. The molecule has 1 aliphatic rings. The molecule has 2 nitrogen and oxygen atoms in total. The Bertz CT molecular complexity index is 534. The number of allylic oxidation sites excluding steroid dienone is 1. The predicted molar refractivity (Wildman–Crippen MR) is 99.8 cm³/mol. The maximum Gasteiger partial charge on any atom is 0.138 e. The van der Waals surface area contributed by atoms with E-state index in [4.69, 9.17) is 4.74 Å². The molecule has 0 amide bonds. The third-order valence-corrected chi connectivity index (χ3v) is 8.68. The van der Waals surface area contributed by atoms with Crippen LogP contribution >= 0.6 is 0 Å². The summed E-state index contributed by atoms with van der Waals surface area (Å²) in [7, 11) is -1.70. The lowest BCUT2D eigenvalue weighted by Gasteiger charge is -2.29. The molecule has 23 heavy (non-hydrogen) atoms. The van der Waals surface area contributed by atoms with Gasteiger partial charge in [0.1, 0.15) is 13.9 Å². The number of hydrogen-bond donors (Lipinski definition) is 0. The smallest absolute Gasteiger partial charge is 0.138 e. The Morgan fingerprint density at radius 2 is 2.00 bits per heavy atom. The minimum Gasteiger partial charge on any atom is -0.373 e. The van der Waals surface area contributed by atoms with Gasteiger partial charge in [-0.3, -0.25) is 4.79 Å². The number of carbonyl (C=O) groups excluding carboxylic acids is 1. The van der Waals surface area contributed by atoms with Crippen molar-refractivity contribution in [2.75, 3.05) is 6.61 Å². The van der Waals surface area contributed by atoms with E-state index in [9.17, 15) is 4.79 Å². The highest BCUT2D eigenvalue weighted by Crippen LogP contribution is 2.24. The van der Waals surface area contributed by atoms with Crippen molar-refractivity contribution >= 4 is 19.0 Å². The number of hydrogen-bond acceptors (Lipinski definition) is 2. The van der Waals surface area contributed by atoms with Crippen LogP contribution in [0.5, 0.6) is 0 Å². The summed E-state index contributed by atoms with van der Waals surface area (Å²) in [5.41, 5.74) is 0. The number of rotatable bonds is 7. The molecule has 0 saturated carbocycles. The van der Waals surface area contributed by atoms with Crippen LogP contribution in [0.4, 0.5) is 0 Å². The van der Waals surface area contributed by atoms with Crippen molar-refractivity contribution in [3.05, 3.63) is 41.6 Å². The lowest BCUT2D eigenvalue weighted by atomic mass is 10.1. The summed E-state index contributed by atoms with van der Waals surface area (Å²) in [6.45, 7) is 7.66. The highest BCUT2D eigenvalue weighted by atomic mass is 28.3. The first-order valence-corrected chi connectivity index (χ1v) is 11.9. The van der Waals surface area contributed by atoms with Crippen LogP contribution < -0.4 is 5.19 Å². The molecule has 1 atom stereocenters. The average Bonchev–Trinajstić information content (AvgIpc) is 2.55. The van der Waals surface area contributed by atoms with E-state index >= 15 is 0 Å². The van der Waals surface area contributed by atoms with E-state index in [2.05, 4.69) is 56.4 Å². The van der Waals surface area contributed by atoms with Crippen LogP contribution in [0.3, 0.4) is 0 Å². The van der Waals surface area contributed by atoms with Gasteiger partial charge in [-0.05, 0) is 12.8 Å².